The second-order valence-electron chi connectivity index (χ2n) is 7.82. The van der Waals surface area contributed by atoms with Crippen LogP contribution in [0.1, 0.15) is 33.1 Å². The number of nitrogens with zero attached hydrogens (tertiary/aromatic N) is 1. The first-order chi connectivity index (χ1) is 16.0. The van der Waals surface area contributed by atoms with Crippen LogP contribution in [0.3, 0.4) is 0 Å². The van der Waals surface area contributed by atoms with E-state index in [0.717, 1.165) is 16.7 Å². The van der Waals surface area contributed by atoms with Crippen LogP contribution in [0.15, 0.2) is 72.8 Å². The Labute approximate surface area is 192 Å². The zero-order valence-corrected chi connectivity index (χ0v) is 18.7. The predicted molar refractivity (Wildman–Crippen MR) is 125 cm³/mol. The summed E-state index contributed by atoms with van der Waals surface area (Å²) in [6, 6.07) is 21.0. The topological polar surface area (TPSA) is 79.7 Å². The summed E-state index contributed by atoms with van der Waals surface area (Å²) in [5.74, 6) is 0.743. The fraction of sp³-hybridized carbons (Fsp3) is 0.192. The van der Waals surface area contributed by atoms with Crippen molar-refractivity contribution >= 4 is 18.0 Å². The molecule has 0 saturated carbocycles. The molecule has 1 aliphatic rings. The first-order valence-corrected chi connectivity index (χ1v) is 10.6. The molecule has 1 heterocycles. The molecule has 0 aromatic heterocycles. The van der Waals surface area contributed by atoms with Gasteiger partial charge in [0.25, 0.3) is 5.91 Å². The van der Waals surface area contributed by atoms with Gasteiger partial charge in [-0.3, -0.25) is 9.59 Å². The number of methoxy groups -OCH3 is 2. The Morgan fingerprint density at radius 3 is 2.33 bits per heavy atom. The van der Waals surface area contributed by atoms with Gasteiger partial charge in [-0.05, 0) is 49.4 Å². The van der Waals surface area contributed by atoms with Gasteiger partial charge in [0.2, 0.25) is 12.3 Å². The van der Waals surface area contributed by atoms with Crippen molar-refractivity contribution in [2.24, 2.45) is 0 Å². The van der Waals surface area contributed by atoms with E-state index in [-0.39, 0.29) is 11.8 Å². The average molecular weight is 445 g/mol. The number of amides is 2. The molecule has 0 unspecified atom stereocenters. The summed E-state index contributed by atoms with van der Waals surface area (Å²) in [5.41, 5.74) is 6.20. The highest BCUT2D eigenvalue weighted by molar-refractivity contribution is 5.98. The fourth-order valence-corrected chi connectivity index (χ4v) is 3.79. The van der Waals surface area contributed by atoms with Crippen LogP contribution in [0, 0.1) is 6.92 Å². The highest BCUT2D eigenvalue weighted by atomic mass is 16.5. The van der Waals surface area contributed by atoms with E-state index in [4.69, 9.17) is 9.47 Å². The van der Waals surface area contributed by atoms with Crippen LogP contribution in [0.4, 0.5) is 0 Å². The number of benzene rings is 3. The first-order valence-electron chi connectivity index (χ1n) is 10.6. The lowest BCUT2D eigenvalue weighted by molar-refractivity contribution is -0.596. The van der Waals surface area contributed by atoms with E-state index in [2.05, 4.69) is 10.7 Å². The highest BCUT2D eigenvalue weighted by Gasteiger charge is 2.47. The molecule has 0 radical (unpaired) electrons. The minimum atomic E-state index is -0.788. The van der Waals surface area contributed by atoms with Gasteiger partial charge in [0.1, 0.15) is 11.5 Å². The van der Waals surface area contributed by atoms with Crippen LogP contribution >= 0.6 is 0 Å². The molecule has 0 spiro atoms. The number of carbonyl (C=O) groups excluding carboxylic acids is 2. The molecule has 33 heavy (non-hydrogen) atoms. The van der Waals surface area contributed by atoms with E-state index in [9.17, 15) is 9.59 Å². The standard InChI is InChI=1S/C26H25N3O4/c1-17-7-9-19(10-8-17)24-23(27-25(30)20-11-13-21(32-2)14-12-20)26(31)28-29(24)16-18-5-4-6-22(15-18)33-3/h4-16,23-24H,1-3H3,(H-,27,28,30,31)/p+1/b29-16-/t23-,24-/m1/s1. The number of hydrogen-bond acceptors (Lipinski definition) is 4. The van der Waals surface area contributed by atoms with Gasteiger partial charge in [-0.2, -0.15) is 0 Å². The first kappa shape index (κ1) is 22.1. The Morgan fingerprint density at radius 1 is 0.970 bits per heavy atom. The predicted octanol–water partition coefficient (Wildman–Crippen LogP) is 3.03. The van der Waals surface area contributed by atoms with Gasteiger partial charge < -0.3 is 14.8 Å². The zero-order valence-electron chi connectivity index (χ0n) is 18.7. The summed E-state index contributed by atoms with van der Waals surface area (Å²) in [5, 5.41) is 2.91. The molecular formula is C26H26N3O4+. The Bertz CT molecular complexity index is 1190. The Hall–Kier alpha value is -4.13. The number of hydrazine groups is 1. The second kappa shape index (κ2) is 9.56. The van der Waals surface area contributed by atoms with Gasteiger partial charge in [0.05, 0.1) is 14.2 Å². The highest BCUT2D eigenvalue weighted by Crippen LogP contribution is 2.26. The third-order valence-corrected chi connectivity index (χ3v) is 5.58. The van der Waals surface area contributed by atoms with Crippen molar-refractivity contribution in [2.45, 2.75) is 19.0 Å². The SMILES string of the molecule is COc1ccc(C(=O)N[C@H]2C(=O)N/[N+](=C\c3cccc(OC)c3)[C@@H]2c2ccc(C)cc2)cc1. The third kappa shape index (κ3) is 4.87. The van der Waals surface area contributed by atoms with E-state index < -0.39 is 12.1 Å². The summed E-state index contributed by atoms with van der Waals surface area (Å²) in [6.45, 7) is 2.00. The van der Waals surface area contributed by atoms with Crippen molar-refractivity contribution in [3.05, 3.63) is 95.1 Å². The lowest BCUT2D eigenvalue weighted by Crippen LogP contribution is -2.42. The maximum atomic E-state index is 13.0. The van der Waals surface area contributed by atoms with Crippen molar-refractivity contribution in [3.8, 4) is 11.5 Å². The van der Waals surface area contributed by atoms with Gasteiger partial charge in [-0.1, -0.05) is 35.9 Å². The quantitative estimate of drug-likeness (QED) is 0.573. The molecule has 7 heteroatoms. The Morgan fingerprint density at radius 2 is 1.67 bits per heavy atom. The maximum absolute atomic E-state index is 13.0. The van der Waals surface area contributed by atoms with Crippen LogP contribution in [-0.2, 0) is 4.79 Å². The Balaban J connectivity index is 1.68. The molecule has 3 aromatic rings. The molecule has 2 N–H and O–H groups in total. The summed E-state index contributed by atoms with van der Waals surface area (Å²) in [6.07, 6.45) is 1.84. The molecule has 2 amide bonds. The summed E-state index contributed by atoms with van der Waals surface area (Å²) >= 11 is 0. The summed E-state index contributed by atoms with van der Waals surface area (Å²) in [4.78, 5) is 25.9. The average Bonchev–Trinajstić information content (AvgIpc) is 3.14. The number of carbonyl (C=O) groups is 2. The van der Waals surface area contributed by atoms with E-state index in [1.807, 2.05) is 61.7 Å². The van der Waals surface area contributed by atoms with Crippen LogP contribution in [0.25, 0.3) is 0 Å². The summed E-state index contributed by atoms with van der Waals surface area (Å²) in [7, 11) is 3.17. The second-order valence-corrected chi connectivity index (χ2v) is 7.82. The van der Waals surface area contributed by atoms with Crippen LogP contribution < -0.4 is 20.2 Å². The van der Waals surface area contributed by atoms with Gasteiger partial charge in [-0.25, -0.2) is 0 Å². The van der Waals surface area contributed by atoms with E-state index in [0.29, 0.717) is 17.1 Å². The van der Waals surface area contributed by atoms with E-state index in [1.165, 1.54) is 0 Å². The Kier molecular flexibility index (Phi) is 6.40. The largest absolute Gasteiger partial charge is 0.497 e. The van der Waals surface area contributed by atoms with Crippen molar-refractivity contribution in [3.63, 3.8) is 0 Å². The minimum absolute atomic E-state index is 0.290. The van der Waals surface area contributed by atoms with Crippen LogP contribution in [-0.4, -0.2) is 43.0 Å². The molecule has 4 rings (SSSR count). The van der Waals surface area contributed by atoms with Crippen molar-refractivity contribution in [2.75, 3.05) is 14.2 Å². The van der Waals surface area contributed by atoms with Gasteiger partial charge in [0, 0.05) is 16.7 Å². The van der Waals surface area contributed by atoms with E-state index >= 15 is 0 Å². The molecule has 1 aliphatic heterocycles. The number of ether oxygens (including phenoxy) is 2. The van der Waals surface area contributed by atoms with Crippen molar-refractivity contribution in [1.82, 2.24) is 10.7 Å². The van der Waals surface area contributed by atoms with E-state index in [1.54, 1.807) is 43.2 Å². The molecule has 1 fully saturated rings. The lowest BCUT2D eigenvalue weighted by Gasteiger charge is -2.15. The molecule has 0 aliphatic carbocycles. The number of nitrogens with one attached hydrogen (secondary N) is 2. The fourth-order valence-electron chi connectivity index (χ4n) is 3.79. The number of hydrazone groups is 1. The molecule has 168 valence electrons. The molecule has 2 atom stereocenters. The lowest BCUT2D eigenvalue weighted by atomic mass is 9.98. The molecule has 7 nitrogen and oxygen atoms in total. The monoisotopic (exact) mass is 444 g/mol. The molecule has 0 bridgehead atoms. The summed E-state index contributed by atoms with van der Waals surface area (Å²) < 4.78 is 12.2. The van der Waals surface area contributed by atoms with Gasteiger partial charge in [0.15, 0.2) is 6.04 Å². The van der Waals surface area contributed by atoms with Crippen LogP contribution in [0.5, 0.6) is 11.5 Å². The van der Waals surface area contributed by atoms with Gasteiger partial charge in [-0.15, -0.1) is 10.1 Å². The number of rotatable bonds is 6. The van der Waals surface area contributed by atoms with Crippen molar-refractivity contribution in [1.29, 1.82) is 0 Å². The molecular weight excluding hydrogens is 418 g/mol. The normalized spacial score (nSPS) is 18.6. The number of aryl methyl sites for hydroxylation is 1. The van der Waals surface area contributed by atoms with Crippen molar-refractivity contribution < 1.29 is 23.7 Å². The van der Waals surface area contributed by atoms with Gasteiger partial charge >= 0.3 is 5.91 Å². The smallest absolute Gasteiger partial charge is 0.304 e. The molecule has 1 saturated heterocycles. The maximum Gasteiger partial charge on any atom is 0.304 e. The van der Waals surface area contributed by atoms with Crippen LogP contribution in [0.2, 0.25) is 0 Å². The number of hydrogen-bond donors (Lipinski definition) is 2. The molecule has 3 aromatic carbocycles. The third-order valence-electron chi connectivity index (χ3n) is 5.58. The minimum Gasteiger partial charge on any atom is -0.497 e. The zero-order chi connectivity index (χ0) is 23.4.